The second-order valence-corrected chi connectivity index (χ2v) is 8.25. The molecule has 0 amide bonds. The van der Waals surface area contributed by atoms with Crippen LogP contribution >= 0.6 is 0 Å². The summed E-state index contributed by atoms with van der Waals surface area (Å²) in [6.45, 7) is 8.61. The van der Waals surface area contributed by atoms with Crippen LogP contribution in [0.4, 0.5) is 17.1 Å². The Kier molecular flexibility index (Phi) is 4.69. The molecule has 2 aromatic rings. The molecule has 0 spiro atoms. The molecule has 148 valence electrons. The van der Waals surface area contributed by atoms with Crippen molar-refractivity contribution in [1.29, 1.82) is 0 Å². The number of aryl methyl sites for hydroxylation is 1. The minimum absolute atomic E-state index is 0.0239. The minimum atomic E-state index is -0.276. The largest absolute Gasteiger partial charge is 0.484 e. The van der Waals surface area contributed by atoms with Gasteiger partial charge in [-0.1, -0.05) is 19.1 Å². The Morgan fingerprint density at radius 1 is 1.18 bits per heavy atom. The van der Waals surface area contributed by atoms with Crippen molar-refractivity contribution in [3.63, 3.8) is 0 Å². The lowest BCUT2D eigenvalue weighted by Gasteiger charge is -2.42. The number of benzene rings is 2. The van der Waals surface area contributed by atoms with E-state index < -0.39 is 0 Å². The van der Waals surface area contributed by atoms with Crippen molar-refractivity contribution in [3.05, 3.63) is 48.0 Å². The van der Waals surface area contributed by atoms with Crippen LogP contribution in [0.3, 0.4) is 0 Å². The van der Waals surface area contributed by atoms with Gasteiger partial charge in [-0.25, -0.2) is 0 Å². The van der Waals surface area contributed by atoms with E-state index in [0.717, 1.165) is 35.8 Å². The lowest BCUT2D eigenvalue weighted by Crippen LogP contribution is -2.51. The van der Waals surface area contributed by atoms with Crippen LogP contribution in [0.25, 0.3) is 0 Å². The monoisotopic (exact) mass is 380 g/mol. The van der Waals surface area contributed by atoms with Crippen molar-refractivity contribution in [2.45, 2.75) is 32.8 Å². The summed E-state index contributed by atoms with van der Waals surface area (Å²) in [5, 5.41) is 0. The molecule has 2 aliphatic heterocycles. The summed E-state index contributed by atoms with van der Waals surface area (Å²) in [5.74, 6) is 0.794. The lowest BCUT2D eigenvalue weighted by atomic mass is 9.99. The minimum Gasteiger partial charge on any atom is -0.484 e. The maximum Gasteiger partial charge on any atom is 0.312 e. The molecule has 0 aromatic heterocycles. The van der Waals surface area contributed by atoms with Crippen LogP contribution in [0, 0.1) is 5.92 Å². The number of fused-ring (bicyclic) bond motifs is 1. The summed E-state index contributed by atoms with van der Waals surface area (Å²) >= 11 is 0. The van der Waals surface area contributed by atoms with Crippen molar-refractivity contribution < 1.29 is 14.3 Å². The Labute approximate surface area is 166 Å². The van der Waals surface area contributed by atoms with E-state index in [1.54, 1.807) is 0 Å². The second kappa shape index (κ2) is 7.04. The van der Waals surface area contributed by atoms with E-state index in [-0.39, 0.29) is 17.5 Å². The predicted molar refractivity (Wildman–Crippen MR) is 112 cm³/mol. The molecule has 1 fully saturated rings. The quantitative estimate of drug-likeness (QED) is 0.745. The first-order valence-electron chi connectivity index (χ1n) is 9.92. The summed E-state index contributed by atoms with van der Waals surface area (Å²) in [6, 6.07) is 15.0. The topological polar surface area (TPSA) is 42.0 Å². The van der Waals surface area contributed by atoms with Crippen LogP contribution in [0.5, 0.6) is 5.75 Å². The van der Waals surface area contributed by atoms with Gasteiger partial charge >= 0.3 is 5.97 Å². The number of rotatable bonds is 4. The first kappa shape index (κ1) is 18.7. The van der Waals surface area contributed by atoms with E-state index in [1.807, 2.05) is 0 Å². The van der Waals surface area contributed by atoms with E-state index in [4.69, 9.17) is 9.47 Å². The van der Waals surface area contributed by atoms with Crippen molar-refractivity contribution in [3.8, 4) is 5.75 Å². The Morgan fingerprint density at radius 3 is 2.64 bits per heavy atom. The van der Waals surface area contributed by atoms with Gasteiger partial charge in [-0.15, -0.1) is 0 Å². The van der Waals surface area contributed by atoms with Crippen LogP contribution in [-0.4, -0.2) is 38.3 Å². The SMILES string of the molecule is CCc1ccc2c(c1)OC(C)(C)CN2c1cccc(N2CC(C(=O)OC)C2)c1. The average Bonchev–Trinajstić information content (AvgIpc) is 2.65. The van der Waals surface area contributed by atoms with Crippen molar-refractivity contribution in [2.24, 2.45) is 5.92 Å². The van der Waals surface area contributed by atoms with E-state index in [1.165, 1.54) is 12.7 Å². The maximum absolute atomic E-state index is 11.7. The molecular weight excluding hydrogens is 352 g/mol. The van der Waals surface area contributed by atoms with Gasteiger partial charge in [0.2, 0.25) is 0 Å². The molecule has 28 heavy (non-hydrogen) atoms. The van der Waals surface area contributed by atoms with Gasteiger partial charge in [0.25, 0.3) is 0 Å². The second-order valence-electron chi connectivity index (χ2n) is 8.25. The zero-order valence-corrected chi connectivity index (χ0v) is 17.1. The number of methoxy groups -OCH3 is 1. The highest BCUT2D eigenvalue weighted by Crippen LogP contribution is 2.42. The third-order valence-electron chi connectivity index (χ3n) is 5.57. The molecule has 0 radical (unpaired) electrons. The number of anilines is 3. The van der Waals surface area contributed by atoms with Gasteiger partial charge in [-0.3, -0.25) is 4.79 Å². The lowest BCUT2D eigenvalue weighted by molar-refractivity contribution is -0.146. The van der Waals surface area contributed by atoms with Crippen molar-refractivity contribution in [1.82, 2.24) is 0 Å². The zero-order valence-electron chi connectivity index (χ0n) is 17.1. The number of nitrogens with zero attached hydrogens (tertiary/aromatic N) is 2. The van der Waals surface area contributed by atoms with Crippen LogP contribution in [-0.2, 0) is 16.0 Å². The van der Waals surface area contributed by atoms with Gasteiger partial charge in [0.15, 0.2) is 0 Å². The first-order valence-corrected chi connectivity index (χ1v) is 9.92. The molecule has 1 saturated heterocycles. The van der Waals surface area contributed by atoms with Gasteiger partial charge in [0.05, 0.1) is 25.3 Å². The van der Waals surface area contributed by atoms with Crippen LogP contribution in [0.15, 0.2) is 42.5 Å². The number of esters is 1. The Hall–Kier alpha value is -2.69. The Morgan fingerprint density at radius 2 is 1.93 bits per heavy atom. The molecule has 2 heterocycles. The summed E-state index contributed by atoms with van der Waals surface area (Å²) in [4.78, 5) is 16.2. The standard InChI is InChI=1S/C23H28N2O3/c1-5-16-9-10-20-21(11-16)28-23(2,3)15-25(20)19-8-6-7-18(12-19)24-13-17(14-24)22(26)27-4/h6-12,17H,5,13-15H2,1-4H3. The maximum atomic E-state index is 11.7. The highest BCUT2D eigenvalue weighted by atomic mass is 16.5. The summed E-state index contributed by atoms with van der Waals surface area (Å²) in [6.07, 6.45) is 0.989. The summed E-state index contributed by atoms with van der Waals surface area (Å²) < 4.78 is 11.1. The molecule has 2 aromatic carbocycles. The molecule has 0 bridgehead atoms. The fourth-order valence-electron chi connectivity index (χ4n) is 3.97. The average molecular weight is 380 g/mol. The molecule has 0 N–H and O–H groups in total. The zero-order chi connectivity index (χ0) is 19.9. The highest BCUT2D eigenvalue weighted by molar-refractivity contribution is 5.78. The van der Waals surface area contributed by atoms with Crippen molar-refractivity contribution >= 4 is 23.0 Å². The van der Waals surface area contributed by atoms with E-state index in [0.29, 0.717) is 13.1 Å². The third-order valence-corrected chi connectivity index (χ3v) is 5.57. The van der Waals surface area contributed by atoms with Gasteiger partial charge in [0.1, 0.15) is 11.4 Å². The Balaban J connectivity index is 1.62. The molecular formula is C23H28N2O3. The van der Waals surface area contributed by atoms with Crippen LogP contribution < -0.4 is 14.5 Å². The number of carbonyl (C=O) groups excluding carboxylic acids is 1. The van der Waals surface area contributed by atoms with Gasteiger partial charge in [-0.2, -0.15) is 0 Å². The van der Waals surface area contributed by atoms with E-state index >= 15 is 0 Å². The number of carbonyl (C=O) groups is 1. The summed E-state index contributed by atoms with van der Waals surface area (Å²) in [7, 11) is 1.45. The molecule has 4 rings (SSSR count). The Bertz CT molecular complexity index is 887. The van der Waals surface area contributed by atoms with Crippen LogP contribution in [0.1, 0.15) is 26.3 Å². The van der Waals surface area contributed by atoms with Gasteiger partial charge < -0.3 is 19.3 Å². The molecule has 2 aliphatic rings. The predicted octanol–water partition coefficient (Wildman–Crippen LogP) is 4.17. The number of ether oxygens (including phenoxy) is 2. The number of hydrogen-bond acceptors (Lipinski definition) is 5. The molecule has 5 nitrogen and oxygen atoms in total. The molecule has 0 atom stereocenters. The van der Waals surface area contributed by atoms with E-state index in [2.05, 4.69) is 73.0 Å². The smallest absolute Gasteiger partial charge is 0.312 e. The summed E-state index contributed by atoms with van der Waals surface area (Å²) in [5.41, 5.74) is 4.38. The highest BCUT2D eigenvalue weighted by Gasteiger charge is 2.35. The normalized spacial score (nSPS) is 18.1. The van der Waals surface area contributed by atoms with Gasteiger partial charge in [-0.05, 0) is 56.2 Å². The fourth-order valence-corrected chi connectivity index (χ4v) is 3.97. The molecule has 0 aliphatic carbocycles. The first-order chi connectivity index (χ1) is 13.4. The third kappa shape index (κ3) is 3.41. The fraction of sp³-hybridized carbons (Fsp3) is 0.435. The molecule has 0 unspecified atom stereocenters. The van der Waals surface area contributed by atoms with Gasteiger partial charge in [0, 0.05) is 24.5 Å². The van der Waals surface area contributed by atoms with Crippen LogP contribution in [0.2, 0.25) is 0 Å². The van der Waals surface area contributed by atoms with Crippen molar-refractivity contribution in [2.75, 3.05) is 36.5 Å². The number of hydrogen-bond donors (Lipinski definition) is 0. The molecule has 0 saturated carbocycles. The molecule has 5 heteroatoms. The van der Waals surface area contributed by atoms with E-state index in [9.17, 15) is 4.79 Å².